The molecule has 1 heterocycles. The lowest BCUT2D eigenvalue weighted by Crippen LogP contribution is -1.93. The largest absolute Gasteiger partial charge is 0.497 e. The first-order chi connectivity index (χ1) is 11.7. The van der Waals surface area contributed by atoms with Gasteiger partial charge in [-0.1, -0.05) is 36.4 Å². The lowest BCUT2D eigenvalue weighted by Gasteiger charge is -2.07. The maximum Gasteiger partial charge on any atom is 0.280 e. The number of methoxy groups -OCH3 is 1. The number of benzene rings is 3. The van der Waals surface area contributed by atoms with Crippen LogP contribution in [0, 0.1) is 10.1 Å². The third-order valence-corrected chi connectivity index (χ3v) is 5.32. The molecule has 0 aliphatic carbocycles. The van der Waals surface area contributed by atoms with E-state index in [-0.39, 0.29) is 10.6 Å². The molecule has 118 valence electrons. The smallest absolute Gasteiger partial charge is 0.280 e. The highest BCUT2D eigenvalue weighted by Gasteiger charge is 2.19. The zero-order valence-corrected chi connectivity index (χ0v) is 13.7. The van der Waals surface area contributed by atoms with Gasteiger partial charge in [0, 0.05) is 25.7 Å². The minimum atomic E-state index is -0.357. The Bertz CT molecular complexity index is 1080. The quantitative estimate of drug-likeness (QED) is 0.360. The van der Waals surface area contributed by atoms with Gasteiger partial charge in [-0.2, -0.15) is 0 Å². The van der Waals surface area contributed by atoms with Crippen LogP contribution in [-0.2, 0) is 0 Å². The molecule has 1 aromatic heterocycles. The van der Waals surface area contributed by atoms with Gasteiger partial charge >= 0.3 is 0 Å². The fraction of sp³-hybridized carbons (Fsp3) is 0.0526. The summed E-state index contributed by atoms with van der Waals surface area (Å²) in [4.78, 5) is 11.2. The molecule has 4 aromatic rings. The lowest BCUT2D eigenvalue weighted by molar-refractivity contribution is -0.384. The average molecular weight is 335 g/mol. The van der Waals surface area contributed by atoms with Gasteiger partial charge in [0.2, 0.25) is 0 Å². The summed E-state index contributed by atoms with van der Waals surface area (Å²) in [5.41, 5.74) is 1.54. The maximum atomic E-state index is 11.5. The second kappa shape index (κ2) is 5.62. The third-order valence-electron chi connectivity index (χ3n) is 4.10. The van der Waals surface area contributed by atoms with Crippen molar-refractivity contribution in [2.45, 2.75) is 0 Å². The Hall–Kier alpha value is -2.92. The van der Waals surface area contributed by atoms with E-state index in [0.717, 1.165) is 15.6 Å². The number of hydrogen-bond acceptors (Lipinski definition) is 4. The van der Waals surface area contributed by atoms with E-state index in [1.807, 2.05) is 24.3 Å². The Balaban J connectivity index is 2.05. The molecule has 0 radical (unpaired) electrons. The topological polar surface area (TPSA) is 52.4 Å². The van der Waals surface area contributed by atoms with Crippen LogP contribution in [0.5, 0.6) is 5.75 Å². The normalized spacial score (nSPS) is 11.0. The summed E-state index contributed by atoms with van der Waals surface area (Å²) in [5.74, 6) is 0.481. The standard InChI is InChI=1S/C19H13NO3S/c1-23-12-9-10-13(17(11-12)20(21)22)15-6-4-7-16-14-5-2-3-8-18(14)24-19(15)16/h2-11H,1H3. The highest BCUT2D eigenvalue weighted by molar-refractivity contribution is 7.26. The van der Waals surface area contributed by atoms with Crippen molar-refractivity contribution in [2.75, 3.05) is 7.11 Å². The molecule has 0 atom stereocenters. The van der Waals surface area contributed by atoms with Gasteiger partial charge < -0.3 is 4.74 Å². The third kappa shape index (κ3) is 2.21. The van der Waals surface area contributed by atoms with Crippen LogP contribution in [0.25, 0.3) is 31.3 Å². The molecule has 24 heavy (non-hydrogen) atoms. The first kappa shape index (κ1) is 14.7. The highest BCUT2D eigenvalue weighted by atomic mass is 32.1. The SMILES string of the molecule is COc1ccc(-c2cccc3c2sc2ccccc23)c([N+](=O)[O-])c1. The van der Waals surface area contributed by atoms with Crippen LogP contribution >= 0.6 is 11.3 Å². The monoisotopic (exact) mass is 335 g/mol. The Morgan fingerprint density at radius 2 is 1.75 bits per heavy atom. The van der Waals surface area contributed by atoms with Crippen molar-refractivity contribution in [3.63, 3.8) is 0 Å². The number of nitrogens with zero attached hydrogens (tertiary/aromatic N) is 1. The molecule has 0 bridgehead atoms. The zero-order valence-electron chi connectivity index (χ0n) is 12.9. The summed E-state index contributed by atoms with van der Waals surface area (Å²) in [6.45, 7) is 0. The predicted molar refractivity (Wildman–Crippen MR) is 98.0 cm³/mol. The van der Waals surface area contributed by atoms with Crippen LogP contribution in [0.15, 0.2) is 60.7 Å². The summed E-state index contributed by atoms with van der Waals surface area (Å²) in [6, 6.07) is 19.1. The van der Waals surface area contributed by atoms with Crippen LogP contribution in [0.1, 0.15) is 0 Å². The molecule has 4 nitrogen and oxygen atoms in total. The molecule has 4 rings (SSSR count). The maximum absolute atomic E-state index is 11.5. The minimum Gasteiger partial charge on any atom is -0.497 e. The van der Waals surface area contributed by atoms with Crippen LogP contribution in [-0.4, -0.2) is 12.0 Å². The minimum absolute atomic E-state index is 0.0549. The van der Waals surface area contributed by atoms with Crippen LogP contribution in [0.3, 0.4) is 0 Å². The Labute approximate surface area is 142 Å². The Morgan fingerprint density at radius 1 is 0.958 bits per heavy atom. The lowest BCUT2D eigenvalue weighted by atomic mass is 10.0. The van der Waals surface area contributed by atoms with Crippen LogP contribution < -0.4 is 4.74 Å². The second-order valence-electron chi connectivity index (χ2n) is 5.42. The number of ether oxygens (including phenoxy) is 1. The van der Waals surface area contributed by atoms with Crippen molar-refractivity contribution >= 4 is 37.2 Å². The fourth-order valence-electron chi connectivity index (χ4n) is 2.98. The number of thiophene rings is 1. The summed E-state index contributed by atoms with van der Waals surface area (Å²) < 4.78 is 7.37. The van der Waals surface area contributed by atoms with E-state index < -0.39 is 0 Å². The van der Waals surface area contributed by atoms with Gasteiger partial charge in [-0.25, -0.2) is 0 Å². The number of hydrogen-bond donors (Lipinski definition) is 0. The van der Waals surface area contributed by atoms with Crippen molar-refractivity contribution < 1.29 is 9.66 Å². The van der Waals surface area contributed by atoms with Crippen molar-refractivity contribution in [1.82, 2.24) is 0 Å². The molecule has 3 aromatic carbocycles. The fourth-order valence-corrected chi connectivity index (χ4v) is 4.21. The molecular weight excluding hydrogens is 322 g/mol. The molecule has 0 fully saturated rings. The molecule has 0 aliphatic heterocycles. The molecule has 0 amide bonds. The van der Waals surface area contributed by atoms with E-state index in [2.05, 4.69) is 18.2 Å². The molecule has 0 unspecified atom stereocenters. The van der Waals surface area contributed by atoms with Gasteiger partial charge in [0.05, 0.1) is 23.7 Å². The molecule has 0 aliphatic rings. The summed E-state index contributed by atoms with van der Waals surface area (Å²) >= 11 is 1.66. The molecule has 0 saturated carbocycles. The van der Waals surface area contributed by atoms with E-state index in [4.69, 9.17) is 4.74 Å². The first-order valence-electron chi connectivity index (χ1n) is 7.42. The molecule has 0 saturated heterocycles. The predicted octanol–water partition coefficient (Wildman–Crippen LogP) is 5.64. The van der Waals surface area contributed by atoms with E-state index in [1.165, 1.54) is 23.3 Å². The van der Waals surface area contributed by atoms with E-state index in [0.29, 0.717) is 11.3 Å². The number of rotatable bonds is 3. The van der Waals surface area contributed by atoms with Crippen LogP contribution in [0.4, 0.5) is 5.69 Å². The van der Waals surface area contributed by atoms with Crippen molar-refractivity contribution in [3.8, 4) is 16.9 Å². The summed E-state index contributed by atoms with van der Waals surface area (Å²) in [6.07, 6.45) is 0. The first-order valence-corrected chi connectivity index (χ1v) is 8.24. The summed E-state index contributed by atoms with van der Waals surface area (Å²) in [7, 11) is 1.51. The molecule has 0 spiro atoms. The highest BCUT2D eigenvalue weighted by Crippen LogP contribution is 2.42. The zero-order chi connectivity index (χ0) is 16.7. The molecule has 5 heteroatoms. The second-order valence-corrected chi connectivity index (χ2v) is 6.47. The van der Waals surface area contributed by atoms with E-state index >= 15 is 0 Å². The van der Waals surface area contributed by atoms with E-state index in [9.17, 15) is 10.1 Å². The van der Waals surface area contributed by atoms with Crippen LogP contribution in [0.2, 0.25) is 0 Å². The Kier molecular flexibility index (Phi) is 3.43. The van der Waals surface area contributed by atoms with Gasteiger partial charge in [-0.15, -0.1) is 11.3 Å². The average Bonchev–Trinajstić information content (AvgIpc) is 3.00. The number of nitro benzene ring substituents is 1. The molecular formula is C19H13NO3S. The van der Waals surface area contributed by atoms with Crippen molar-refractivity contribution in [1.29, 1.82) is 0 Å². The van der Waals surface area contributed by atoms with Gasteiger partial charge in [0.15, 0.2) is 0 Å². The number of fused-ring (bicyclic) bond motifs is 3. The van der Waals surface area contributed by atoms with Gasteiger partial charge in [-0.3, -0.25) is 10.1 Å². The van der Waals surface area contributed by atoms with Crippen molar-refractivity contribution in [3.05, 3.63) is 70.8 Å². The van der Waals surface area contributed by atoms with Gasteiger partial charge in [0.1, 0.15) is 5.75 Å². The van der Waals surface area contributed by atoms with Gasteiger partial charge in [-0.05, 0) is 18.2 Å². The van der Waals surface area contributed by atoms with E-state index in [1.54, 1.807) is 23.5 Å². The number of nitro groups is 1. The van der Waals surface area contributed by atoms with Crippen molar-refractivity contribution in [2.24, 2.45) is 0 Å². The van der Waals surface area contributed by atoms with Gasteiger partial charge in [0.25, 0.3) is 5.69 Å². The Morgan fingerprint density at radius 3 is 2.54 bits per heavy atom. The summed E-state index contributed by atoms with van der Waals surface area (Å²) in [5, 5.41) is 13.8. The molecule has 0 N–H and O–H groups in total.